The maximum atomic E-state index is 11.8. The third-order valence-corrected chi connectivity index (χ3v) is 3.52. The predicted molar refractivity (Wildman–Crippen MR) is 94.3 cm³/mol. The normalized spacial score (nSPS) is 10.5. The fourth-order valence-electron chi connectivity index (χ4n) is 2.17. The van der Waals surface area contributed by atoms with Gasteiger partial charge in [-0.2, -0.15) is 0 Å². The second kappa shape index (κ2) is 8.70. The number of carbonyl (C=O) groups excluding carboxylic acids is 1. The smallest absolute Gasteiger partial charge is 0.306 e. The molecule has 0 spiro atoms. The van der Waals surface area contributed by atoms with Crippen molar-refractivity contribution in [1.82, 2.24) is 20.2 Å². The number of esters is 1. The Labute approximate surface area is 150 Å². The van der Waals surface area contributed by atoms with Crippen molar-refractivity contribution in [1.29, 1.82) is 0 Å². The van der Waals surface area contributed by atoms with Crippen molar-refractivity contribution in [3.8, 4) is 11.5 Å². The van der Waals surface area contributed by atoms with Crippen LogP contribution in [0.1, 0.15) is 17.9 Å². The highest BCUT2D eigenvalue weighted by Crippen LogP contribution is 2.18. The quantitative estimate of drug-likeness (QED) is 0.486. The molecule has 0 atom stereocenters. The van der Waals surface area contributed by atoms with Gasteiger partial charge in [0, 0.05) is 24.4 Å². The van der Waals surface area contributed by atoms with E-state index in [2.05, 4.69) is 25.5 Å². The summed E-state index contributed by atoms with van der Waals surface area (Å²) in [4.78, 5) is 19.8. The first-order valence-corrected chi connectivity index (χ1v) is 8.26. The van der Waals surface area contributed by atoms with Gasteiger partial charge >= 0.3 is 5.97 Å². The van der Waals surface area contributed by atoms with Crippen LogP contribution >= 0.6 is 0 Å². The fraction of sp³-hybridized carbons (Fsp3) is 0.278. The molecule has 0 radical (unpaired) electrons. The molecule has 26 heavy (non-hydrogen) atoms. The minimum atomic E-state index is -0.323. The zero-order valence-corrected chi connectivity index (χ0v) is 14.4. The molecular weight excluding hydrogens is 334 g/mol. The highest BCUT2D eigenvalue weighted by atomic mass is 16.5. The Kier molecular flexibility index (Phi) is 5.87. The van der Waals surface area contributed by atoms with Crippen molar-refractivity contribution < 1.29 is 13.9 Å². The maximum Gasteiger partial charge on any atom is 0.306 e. The molecule has 0 aliphatic carbocycles. The standard InChI is InChI=1S/C18H19N5O3/c1-13-3-5-14(6-4-13)17-23-22-15(26-17)7-8-16(24)25-12-11-21-18-19-9-2-10-20-18/h2-6,9-10H,7-8,11-12H2,1H3,(H,19,20,21). The number of nitrogens with zero attached hydrogens (tertiary/aromatic N) is 4. The lowest BCUT2D eigenvalue weighted by Gasteiger charge is -2.05. The van der Waals surface area contributed by atoms with Crippen molar-refractivity contribution in [2.75, 3.05) is 18.5 Å². The second-order valence-electron chi connectivity index (χ2n) is 5.59. The van der Waals surface area contributed by atoms with E-state index in [-0.39, 0.29) is 19.0 Å². The number of ether oxygens (including phenoxy) is 1. The van der Waals surface area contributed by atoms with Gasteiger partial charge in [0.25, 0.3) is 0 Å². The summed E-state index contributed by atoms with van der Waals surface area (Å²) >= 11 is 0. The molecule has 0 saturated carbocycles. The summed E-state index contributed by atoms with van der Waals surface area (Å²) in [5, 5.41) is 10.9. The number of aryl methyl sites for hydroxylation is 2. The van der Waals surface area contributed by atoms with Gasteiger partial charge in [-0.1, -0.05) is 17.7 Å². The molecule has 0 aliphatic rings. The molecule has 0 amide bonds. The van der Waals surface area contributed by atoms with Gasteiger partial charge in [-0.05, 0) is 25.1 Å². The summed E-state index contributed by atoms with van der Waals surface area (Å²) in [6.45, 7) is 2.68. The molecule has 8 nitrogen and oxygen atoms in total. The second-order valence-corrected chi connectivity index (χ2v) is 5.59. The van der Waals surface area contributed by atoms with Crippen LogP contribution in [0.15, 0.2) is 47.1 Å². The van der Waals surface area contributed by atoms with E-state index in [0.717, 1.165) is 11.1 Å². The number of hydrogen-bond donors (Lipinski definition) is 1. The Morgan fingerprint density at radius 3 is 2.69 bits per heavy atom. The van der Waals surface area contributed by atoms with Crippen LogP contribution in [0.5, 0.6) is 0 Å². The van der Waals surface area contributed by atoms with Crippen LogP contribution < -0.4 is 5.32 Å². The van der Waals surface area contributed by atoms with Crippen LogP contribution in [0, 0.1) is 6.92 Å². The molecule has 1 N–H and O–H groups in total. The molecule has 2 heterocycles. The number of nitrogens with one attached hydrogen (secondary N) is 1. The van der Waals surface area contributed by atoms with Crippen LogP contribution in [-0.2, 0) is 16.0 Å². The molecule has 3 rings (SSSR count). The molecule has 1 aromatic carbocycles. The summed E-state index contributed by atoms with van der Waals surface area (Å²) in [6.07, 6.45) is 3.79. The Bertz CT molecular complexity index is 834. The van der Waals surface area contributed by atoms with Crippen molar-refractivity contribution in [2.24, 2.45) is 0 Å². The first kappa shape index (κ1) is 17.5. The molecule has 0 aliphatic heterocycles. The SMILES string of the molecule is Cc1ccc(-c2nnc(CCC(=O)OCCNc3ncccn3)o2)cc1. The highest BCUT2D eigenvalue weighted by molar-refractivity contribution is 5.69. The van der Waals surface area contributed by atoms with E-state index >= 15 is 0 Å². The lowest BCUT2D eigenvalue weighted by Crippen LogP contribution is -2.15. The topological polar surface area (TPSA) is 103 Å². The third kappa shape index (κ3) is 5.10. The van der Waals surface area contributed by atoms with Gasteiger partial charge in [-0.25, -0.2) is 9.97 Å². The minimum absolute atomic E-state index is 0.178. The fourth-order valence-corrected chi connectivity index (χ4v) is 2.17. The zero-order chi connectivity index (χ0) is 18.2. The van der Waals surface area contributed by atoms with E-state index in [9.17, 15) is 4.79 Å². The van der Waals surface area contributed by atoms with E-state index in [1.54, 1.807) is 18.5 Å². The highest BCUT2D eigenvalue weighted by Gasteiger charge is 2.11. The Balaban J connectivity index is 1.38. The van der Waals surface area contributed by atoms with Gasteiger partial charge in [0.05, 0.1) is 13.0 Å². The summed E-state index contributed by atoms with van der Waals surface area (Å²) in [5.41, 5.74) is 2.01. The van der Waals surface area contributed by atoms with Crippen LogP contribution in [0.3, 0.4) is 0 Å². The molecule has 134 valence electrons. The van der Waals surface area contributed by atoms with E-state index in [0.29, 0.717) is 30.7 Å². The van der Waals surface area contributed by atoms with Crippen molar-refractivity contribution in [2.45, 2.75) is 19.8 Å². The summed E-state index contributed by atoms with van der Waals surface area (Å²) < 4.78 is 10.7. The molecule has 0 unspecified atom stereocenters. The molecule has 0 fully saturated rings. The number of rotatable bonds is 8. The van der Waals surface area contributed by atoms with Crippen LogP contribution in [0.4, 0.5) is 5.95 Å². The Morgan fingerprint density at radius 1 is 1.15 bits per heavy atom. The maximum absolute atomic E-state index is 11.8. The van der Waals surface area contributed by atoms with Crippen molar-refractivity contribution in [3.05, 3.63) is 54.2 Å². The summed E-state index contributed by atoms with van der Waals surface area (Å²) in [6, 6.07) is 9.53. The monoisotopic (exact) mass is 353 g/mol. The lowest BCUT2D eigenvalue weighted by atomic mass is 10.1. The average molecular weight is 353 g/mol. The largest absolute Gasteiger partial charge is 0.464 e. The summed E-state index contributed by atoms with van der Waals surface area (Å²) in [5.74, 6) is 1.03. The molecule has 0 bridgehead atoms. The van der Waals surface area contributed by atoms with E-state index in [1.807, 2.05) is 31.2 Å². The van der Waals surface area contributed by atoms with Crippen LogP contribution in [0.2, 0.25) is 0 Å². The van der Waals surface area contributed by atoms with E-state index in [4.69, 9.17) is 9.15 Å². The molecule has 3 aromatic rings. The van der Waals surface area contributed by atoms with Crippen molar-refractivity contribution in [3.63, 3.8) is 0 Å². The molecule has 2 aromatic heterocycles. The van der Waals surface area contributed by atoms with E-state index < -0.39 is 0 Å². The van der Waals surface area contributed by atoms with Gasteiger partial charge in [0.15, 0.2) is 0 Å². The van der Waals surface area contributed by atoms with Crippen LogP contribution in [-0.4, -0.2) is 39.3 Å². The van der Waals surface area contributed by atoms with Gasteiger partial charge in [0.2, 0.25) is 17.7 Å². The third-order valence-electron chi connectivity index (χ3n) is 3.52. The Morgan fingerprint density at radius 2 is 1.92 bits per heavy atom. The van der Waals surface area contributed by atoms with E-state index in [1.165, 1.54) is 0 Å². The number of aromatic nitrogens is 4. The van der Waals surface area contributed by atoms with Gasteiger partial charge < -0.3 is 14.5 Å². The zero-order valence-electron chi connectivity index (χ0n) is 14.4. The van der Waals surface area contributed by atoms with Gasteiger partial charge in [-0.3, -0.25) is 4.79 Å². The Hall–Kier alpha value is -3.29. The number of hydrogen-bond acceptors (Lipinski definition) is 8. The minimum Gasteiger partial charge on any atom is -0.464 e. The molecule has 0 saturated heterocycles. The molecule has 8 heteroatoms. The number of benzene rings is 1. The first-order chi connectivity index (χ1) is 12.7. The average Bonchev–Trinajstić information content (AvgIpc) is 3.14. The van der Waals surface area contributed by atoms with Crippen molar-refractivity contribution >= 4 is 11.9 Å². The molecular formula is C18H19N5O3. The van der Waals surface area contributed by atoms with Gasteiger partial charge in [0.1, 0.15) is 6.61 Å². The first-order valence-electron chi connectivity index (χ1n) is 8.26. The predicted octanol–water partition coefficient (Wildman–Crippen LogP) is 2.42. The summed E-state index contributed by atoms with van der Waals surface area (Å²) in [7, 11) is 0. The van der Waals surface area contributed by atoms with Gasteiger partial charge in [-0.15, -0.1) is 10.2 Å². The number of carbonyl (C=O) groups is 1. The lowest BCUT2D eigenvalue weighted by molar-refractivity contribution is -0.143. The number of anilines is 1. The van der Waals surface area contributed by atoms with Crippen LogP contribution in [0.25, 0.3) is 11.5 Å².